The SMILES string of the molecule is OCc1c(F)cc(Br)c(F)c1Br. The summed E-state index contributed by atoms with van der Waals surface area (Å²) in [4.78, 5) is 0. The molecule has 0 aliphatic carbocycles. The monoisotopic (exact) mass is 300 g/mol. The molecule has 0 heterocycles. The Labute approximate surface area is 84.7 Å². The third-order valence-corrected chi connectivity index (χ3v) is 2.77. The van der Waals surface area contributed by atoms with Crippen LogP contribution < -0.4 is 0 Å². The zero-order valence-electron chi connectivity index (χ0n) is 5.74. The molecule has 0 atom stereocenters. The van der Waals surface area contributed by atoms with E-state index in [9.17, 15) is 8.78 Å². The summed E-state index contributed by atoms with van der Waals surface area (Å²) < 4.78 is 25.9. The first-order chi connectivity index (χ1) is 5.57. The molecule has 1 N–H and O–H groups in total. The second-order valence-electron chi connectivity index (χ2n) is 2.10. The van der Waals surface area contributed by atoms with Gasteiger partial charge in [0.25, 0.3) is 0 Å². The first kappa shape index (κ1) is 10.1. The van der Waals surface area contributed by atoms with E-state index < -0.39 is 18.2 Å². The van der Waals surface area contributed by atoms with Gasteiger partial charge in [-0.3, -0.25) is 0 Å². The Morgan fingerprint density at radius 2 is 1.92 bits per heavy atom. The molecule has 1 aromatic rings. The Kier molecular flexibility index (Phi) is 3.20. The van der Waals surface area contributed by atoms with Crippen LogP contribution in [0.4, 0.5) is 8.78 Å². The Hall–Kier alpha value is -0.0000000000000000555. The van der Waals surface area contributed by atoms with Crippen LogP contribution in [0.2, 0.25) is 0 Å². The maximum Gasteiger partial charge on any atom is 0.152 e. The fourth-order valence-electron chi connectivity index (χ4n) is 0.749. The Morgan fingerprint density at radius 3 is 2.42 bits per heavy atom. The fraction of sp³-hybridized carbons (Fsp3) is 0.143. The molecule has 0 saturated carbocycles. The van der Waals surface area contributed by atoms with Gasteiger partial charge < -0.3 is 5.11 Å². The normalized spacial score (nSPS) is 10.4. The number of aliphatic hydroxyl groups excluding tert-OH is 1. The number of hydrogen-bond donors (Lipinski definition) is 1. The number of halogens is 4. The summed E-state index contributed by atoms with van der Waals surface area (Å²) in [6.45, 7) is -0.531. The van der Waals surface area contributed by atoms with Crippen molar-refractivity contribution in [3.63, 3.8) is 0 Å². The van der Waals surface area contributed by atoms with Gasteiger partial charge in [0.2, 0.25) is 0 Å². The van der Waals surface area contributed by atoms with Crippen LogP contribution in [-0.2, 0) is 6.61 Å². The lowest BCUT2D eigenvalue weighted by molar-refractivity contribution is 0.274. The predicted octanol–water partition coefficient (Wildman–Crippen LogP) is 2.98. The van der Waals surface area contributed by atoms with E-state index in [0.717, 1.165) is 6.07 Å². The third-order valence-electron chi connectivity index (χ3n) is 1.37. The zero-order valence-corrected chi connectivity index (χ0v) is 8.92. The van der Waals surface area contributed by atoms with Crippen molar-refractivity contribution in [3.05, 3.63) is 32.2 Å². The summed E-state index contributed by atoms with van der Waals surface area (Å²) in [6, 6.07) is 0.978. The molecule has 0 bridgehead atoms. The third kappa shape index (κ3) is 1.67. The molecule has 0 saturated heterocycles. The molecule has 66 valence electrons. The summed E-state index contributed by atoms with van der Waals surface area (Å²) in [6.07, 6.45) is 0. The number of benzene rings is 1. The molecule has 0 spiro atoms. The highest BCUT2D eigenvalue weighted by molar-refractivity contribution is 9.11. The first-order valence-corrected chi connectivity index (χ1v) is 4.59. The van der Waals surface area contributed by atoms with E-state index in [4.69, 9.17) is 5.11 Å². The molecule has 5 heteroatoms. The summed E-state index contributed by atoms with van der Waals surface area (Å²) in [5.41, 5.74) is -0.0734. The lowest BCUT2D eigenvalue weighted by atomic mass is 10.2. The number of hydrogen-bond acceptors (Lipinski definition) is 1. The minimum Gasteiger partial charge on any atom is -0.392 e. The average molecular weight is 302 g/mol. The van der Waals surface area contributed by atoms with Gasteiger partial charge in [0.05, 0.1) is 15.6 Å². The number of aliphatic hydroxyl groups is 1. The molecular weight excluding hydrogens is 298 g/mol. The standard InChI is InChI=1S/C7H4Br2F2O/c8-4-1-5(10)3(2-12)6(9)7(4)11/h1,12H,2H2. The summed E-state index contributed by atoms with van der Waals surface area (Å²) >= 11 is 5.67. The molecule has 1 nitrogen and oxygen atoms in total. The quantitative estimate of drug-likeness (QED) is 0.624. The summed E-state index contributed by atoms with van der Waals surface area (Å²) in [7, 11) is 0. The Balaban J connectivity index is 3.40. The molecule has 0 amide bonds. The van der Waals surface area contributed by atoms with Crippen molar-refractivity contribution in [3.8, 4) is 0 Å². The van der Waals surface area contributed by atoms with Crippen LogP contribution in [0.3, 0.4) is 0 Å². The van der Waals surface area contributed by atoms with Gasteiger partial charge in [0.1, 0.15) is 5.82 Å². The summed E-state index contributed by atoms with van der Waals surface area (Å²) in [5, 5.41) is 8.66. The second kappa shape index (κ2) is 3.81. The van der Waals surface area contributed by atoms with Crippen LogP contribution in [0.5, 0.6) is 0 Å². The van der Waals surface area contributed by atoms with Gasteiger partial charge in [0.15, 0.2) is 5.82 Å². The van der Waals surface area contributed by atoms with E-state index in [1.807, 2.05) is 0 Å². The minimum absolute atomic E-state index is 0.0316. The van der Waals surface area contributed by atoms with Crippen molar-refractivity contribution in [2.75, 3.05) is 0 Å². The van der Waals surface area contributed by atoms with Crippen molar-refractivity contribution < 1.29 is 13.9 Å². The van der Waals surface area contributed by atoms with Crippen molar-refractivity contribution in [2.45, 2.75) is 6.61 Å². The molecule has 0 fully saturated rings. The molecule has 0 aliphatic heterocycles. The predicted molar refractivity (Wildman–Crippen MR) is 47.7 cm³/mol. The van der Waals surface area contributed by atoms with Crippen molar-refractivity contribution in [1.29, 1.82) is 0 Å². The van der Waals surface area contributed by atoms with Gasteiger partial charge in [-0.2, -0.15) is 0 Å². The van der Waals surface area contributed by atoms with E-state index in [2.05, 4.69) is 31.9 Å². The van der Waals surface area contributed by atoms with Gasteiger partial charge in [-0.25, -0.2) is 8.78 Å². The van der Waals surface area contributed by atoms with Gasteiger partial charge in [-0.15, -0.1) is 0 Å². The van der Waals surface area contributed by atoms with E-state index in [-0.39, 0.29) is 14.5 Å². The van der Waals surface area contributed by atoms with Crippen LogP contribution >= 0.6 is 31.9 Å². The van der Waals surface area contributed by atoms with Crippen LogP contribution in [0.1, 0.15) is 5.56 Å². The average Bonchev–Trinajstić information content (AvgIpc) is 2.01. The largest absolute Gasteiger partial charge is 0.392 e. The van der Waals surface area contributed by atoms with Crippen LogP contribution in [0, 0.1) is 11.6 Å². The van der Waals surface area contributed by atoms with Gasteiger partial charge in [-0.1, -0.05) is 0 Å². The lowest BCUT2D eigenvalue weighted by Crippen LogP contribution is -1.95. The summed E-state index contributed by atoms with van der Waals surface area (Å²) in [5.74, 6) is -1.25. The molecule has 0 aromatic heterocycles. The Morgan fingerprint density at radius 1 is 1.33 bits per heavy atom. The van der Waals surface area contributed by atoms with Crippen LogP contribution in [0.15, 0.2) is 15.0 Å². The maximum absolute atomic E-state index is 13.0. The molecular formula is C7H4Br2F2O. The molecule has 0 unspecified atom stereocenters. The first-order valence-electron chi connectivity index (χ1n) is 3.00. The van der Waals surface area contributed by atoms with E-state index in [0.29, 0.717) is 0 Å². The highest BCUT2D eigenvalue weighted by Gasteiger charge is 2.14. The van der Waals surface area contributed by atoms with Crippen molar-refractivity contribution >= 4 is 31.9 Å². The Bertz CT molecular complexity index is 315. The highest BCUT2D eigenvalue weighted by Crippen LogP contribution is 2.29. The van der Waals surface area contributed by atoms with Gasteiger partial charge in [0, 0.05) is 5.56 Å². The number of rotatable bonds is 1. The zero-order chi connectivity index (χ0) is 9.30. The second-order valence-corrected chi connectivity index (χ2v) is 3.75. The van der Waals surface area contributed by atoms with E-state index in [1.54, 1.807) is 0 Å². The molecule has 1 aromatic carbocycles. The minimum atomic E-state index is -0.641. The van der Waals surface area contributed by atoms with Gasteiger partial charge >= 0.3 is 0 Å². The highest BCUT2D eigenvalue weighted by atomic mass is 79.9. The molecule has 0 aliphatic rings. The van der Waals surface area contributed by atoms with Crippen molar-refractivity contribution in [2.24, 2.45) is 0 Å². The molecule has 1 rings (SSSR count). The van der Waals surface area contributed by atoms with Crippen LogP contribution in [0.25, 0.3) is 0 Å². The van der Waals surface area contributed by atoms with E-state index in [1.165, 1.54) is 0 Å². The van der Waals surface area contributed by atoms with Gasteiger partial charge in [-0.05, 0) is 37.9 Å². The van der Waals surface area contributed by atoms with E-state index >= 15 is 0 Å². The molecule has 12 heavy (non-hydrogen) atoms. The molecule has 0 radical (unpaired) electrons. The topological polar surface area (TPSA) is 20.2 Å². The van der Waals surface area contributed by atoms with Crippen LogP contribution in [-0.4, -0.2) is 5.11 Å². The lowest BCUT2D eigenvalue weighted by Gasteiger charge is -2.04. The smallest absolute Gasteiger partial charge is 0.152 e. The van der Waals surface area contributed by atoms with Crippen molar-refractivity contribution in [1.82, 2.24) is 0 Å². The maximum atomic E-state index is 13.0. The fourth-order valence-corrected chi connectivity index (χ4v) is 1.94.